The minimum absolute atomic E-state index is 0.0347. The molecule has 24 heavy (non-hydrogen) atoms. The molecule has 1 heterocycles. The first-order valence-electron chi connectivity index (χ1n) is 7.91. The monoisotopic (exact) mass is 351 g/mol. The number of aryl methyl sites for hydroxylation is 1. The van der Waals surface area contributed by atoms with Gasteiger partial charge < -0.3 is 5.32 Å². The van der Waals surface area contributed by atoms with Gasteiger partial charge in [0.2, 0.25) is 0 Å². The quantitative estimate of drug-likeness (QED) is 0.707. The number of anilines is 2. The van der Waals surface area contributed by atoms with Gasteiger partial charge in [0.15, 0.2) is 0 Å². The molecule has 2 N–H and O–H groups in total. The van der Waals surface area contributed by atoms with Crippen molar-refractivity contribution in [3.63, 3.8) is 0 Å². The van der Waals surface area contributed by atoms with Crippen LogP contribution in [-0.4, -0.2) is 19.9 Å². The highest BCUT2D eigenvalue weighted by Gasteiger charge is 2.17. The molecule has 0 saturated carbocycles. The van der Waals surface area contributed by atoms with Crippen molar-refractivity contribution < 1.29 is 12.8 Å². The number of nitrogens with zero attached hydrogens (tertiary/aromatic N) is 1. The summed E-state index contributed by atoms with van der Waals surface area (Å²) < 4.78 is 40.3. The normalized spacial score (nSPS) is 11.3. The summed E-state index contributed by atoms with van der Waals surface area (Å²) in [4.78, 5) is 4.14. The molecular formula is C17H22FN3O2S. The summed E-state index contributed by atoms with van der Waals surface area (Å²) in [5.74, 6) is -0.249. The summed E-state index contributed by atoms with van der Waals surface area (Å²) in [5, 5.41) is 3.24. The average Bonchev–Trinajstić information content (AvgIpc) is 2.52. The van der Waals surface area contributed by atoms with Crippen LogP contribution in [0, 0.1) is 12.7 Å². The Morgan fingerprint density at radius 1 is 1.17 bits per heavy atom. The number of hydrogen-bond acceptors (Lipinski definition) is 4. The highest BCUT2D eigenvalue weighted by atomic mass is 32.2. The van der Waals surface area contributed by atoms with E-state index in [2.05, 4.69) is 21.9 Å². The minimum Gasteiger partial charge on any atom is -0.384 e. The first kappa shape index (κ1) is 18.2. The predicted octanol–water partition coefficient (Wildman–Crippen LogP) is 3.93. The highest BCUT2D eigenvalue weighted by Crippen LogP contribution is 2.20. The van der Waals surface area contributed by atoms with E-state index in [0.29, 0.717) is 5.56 Å². The maximum absolute atomic E-state index is 13.1. The van der Waals surface area contributed by atoms with Crippen molar-refractivity contribution in [3.05, 3.63) is 47.9 Å². The van der Waals surface area contributed by atoms with Crippen LogP contribution < -0.4 is 10.0 Å². The summed E-state index contributed by atoms with van der Waals surface area (Å²) in [6.07, 6.45) is 4.98. The number of aromatic nitrogens is 1. The molecule has 0 aliphatic rings. The second-order valence-electron chi connectivity index (χ2n) is 5.58. The number of halogens is 1. The zero-order chi connectivity index (χ0) is 17.6. The van der Waals surface area contributed by atoms with E-state index < -0.39 is 15.8 Å². The predicted molar refractivity (Wildman–Crippen MR) is 94.2 cm³/mol. The second kappa shape index (κ2) is 8.10. The highest BCUT2D eigenvalue weighted by molar-refractivity contribution is 7.92. The summed E-state index contributed by atoms with van der Waals surface area (Å²) in [7, 11) is -3.80. The summed E-state index contributed by atoms with van der Waals surface area (Å²) in [6.45, 7) is 4.55. The van der Waals surface area contributed by atoms with Gasteiger partial charge in [-0.3, -0.25) is 4.72 Å². The van der Waals surface area contributed by atoms with Crippen LogP contribution in [0.3, 0.4) is 0 Å². The van der Waals surface area contributed by atoms with E-state index in [1.165, 1.54) is 12.1 Å². The van der Waals surface area contributed by atoms with Gasteiger partial charge in [-0.15, -0.1) is 0 Å². The molecule has 1 aromatic carbocycles. The Labute approximate surface area is 142 Å². The van der Waals surface area contributed by atoms with Crippen molar-refractivity contribution in [2.45, 2.75) is 38.0 Å². The fourth-order valence-electron chi connectivity index (χ4n) is 2.27. The molecule has 0 unspecified atom stereocenters. The summed E-state index contributed by atoms with van der Waals surface area (Å²) >= 11 is 0. The van der Waals surface area contributed by atoms with Crippen molar-refractivity contribution in [2.24, 2.45) is 0 Å². The lowest BCUT2D eigenvalue weighted by molar-refractivity contribution is 0.598. The number of sulfonamides is 1. The van der Waals surface area contributed by atoms with Crippen LogP contribution in [0.4, 0.5) is 15.9 Å². The third-order valence-electron chi connectivity index (χ3n) is 3.54. The molecule has 2 rings (SSSR count). The van der Waals surface area contributed by atoms with Gasteiger partial charge in [-0.25, -0.2) is 17.8 Å². The molecular weight excluding hydrogens is 329 g/mol. The standard InChI is InChI=1S/C17H22FN3O2S/c1-3-4-5-10-19-15-7-9-17(20-12-15)21-24(22,23)16-8-6-14(18)11-13(16)2/h6-9,11-12,19H,3-5,10H2,1-2H3,(H,20,21). The van der Waals surface area contributed by atoms with Gasteiger partial charge in [0.25, 0.3) is 10.0 Å². The summed E-state index contributed by atoms with van der Waals surface area (Å²) in [5.41, 5.74) is 1.18. The van der Waals surface area contributed by atoms with Crippen molar-refractivity contribution in [2.75, 3.05) is 16.6 Å². The van der Waals surface area contributed by atoms with Crippen molar-refractivity contribution in [3.8, 4) is 0 Å². The third kappa shape index (κ3) is 4.92. The molecule has 1 aromatic heterocycles. The van der Waals surface area contributed by atoms with Gasteiger partial charge in [0, 0.05) is 6.54 Å². The van der Waals surface area contributed by atoms with Crippen LogP contribution in [0.2, 0.25) is 0 Å². The van der Waals surface area contributed by atoms with E-state index in [1.54, 1.807) is 25.3 Å². The smallest absolute Gasteiger partial charge is 0.263 e. The van der Waals surface area contributed by atoms with Gasteiger partial charge in [-0.1, -0.05) is 19.8 Å². The zero-order valence-corrected chi connectivity index (χ0v) is 14.7. The van der Waals surface area contributed by atoms with Crippen LogP contribution >= 0.6 is 0 Å². The number of unbranched alkanes of at least 4 members (excludes halogenated alkanes) is 2. The van der Waals surface area contributed by atoms with Crippen LogP contribution in [0.15, 0.2) is 41.4 Å². The molecule has 0 aliphatic carbocycles. The van der Waals surface area contributed by atoms with E-state index in [4.69, 9.17) is 0 Å². The van der Waals surface area contributed by atoms with E-state index in [0.717, 1.165) is 37.6 Å². The number of rotatable bonds is 8. The largest absolute Gasteiger partial charge is 0.384 e. The van der Waals surface area contributed by atoms with Crippen molar-refractivity contribution >= 4 is 21.5 Å². The Balaban J connectivity index is 2.04. The Morgan fingerprint density at radius 3 is 2.58 bits per heavy atom. The van der Waals surface area contributed by atoms with Gasteiger partial charge >= 0.3 is 0 Å². The molecule has 0 bridgehead atoms. The summed E-state index contributed by atoms with van der Waals surface area (Å²) in [6, 6.07) is 6.92. The number of hydrogen-bond donors (Lipinski definition) is 2. The van der Waals surface area contributed by atoms with E-state index in [9.17, 15) is 12.8 Å². The number of pyridine rings is 1. The second-order valence-corrected chi connectivity index (χ2v) is 7.23. The molecule has 0 fully saturated rings. The van der Waals surface area contributed by atoms with Gasteiger partial charge in [-0.2, -0.15) is 0 Å². The topological polar surface area (TPSA) is 71.1 Å². The van der Waals surface area contributed by atoms with Crippen LogP contribution in [0.1, 0.15) is 31.7 Å². The molecule has 0 radical (unpaired) electrons. The Morgan fingerprint density at radius 2 is 1.96 bits per heavy atom. The number of benzene rings is 1. The van der Waals surface area contributed by atoms with Crippen LogP contribution in [0.5, 0.6) is 0 Å². The Kier molecular flexibility index (Phi) is 6.14. The average molecular weight is 351 g/mol. The first-order valence-corrected chi connectivity index (χ1v) is 9.39. The third-order valence-corrected chi connectivity index (χ3v) is 5.05. The van der Waals surface area contributed by atoms with Gasteiger partial charge in [-0.05, 0) is 49.2 Å². The molecule has 0 spiro atoms. The first-order chi connectivity index (χ1) is 11.4. The molecule has 5 nitrogen and oxygen atoms in total. The van der Waals surface area contributed by atoms with Crippen molar-refractivity contribution in [1.29, 1.82) is 0 Å². The van der Waals surface area contributed by atoms with Gasteiger partial charge in [0.05, 0.1) is 16.8 Å². The molecule has 0 amide bonds. The maximum Gasteiger partial charge on any atom is 0.263 e. The van der Waals surface area contributed by atoms with Crippen LogP contribution in [-0.2, 0) is 10.0 Å². The van der Waals surface area contributed by atoms with Crippen molar-refractivity contribution in [1.82, 2.24) is 4.98 Å². The Hall–Kier alpha value is -2.15. The Bertz CT molecular complexity index is 777. The SMILES string of the molecule is CCCCCNc1ccc(NS(=O)(=O)c2ccc(F)cc2C)nc1. The lowest BCUT2D eigenvalue weighted by atomic mass is 10.2. The van der Waals surface area contributed by atoms with E-state index in [1.807, 2.05) is 0 Å². The lowest BCUT2D eigenvalue weighted by Crippen LogP contribution is -2.15. The molecule has 130 valence electrons. The molecule has 0 aliphatic heterocycles. The molecule has 7 heteroatoms. The van der Waals surface area contributed by atoms with E-state index in [-0.39, 0.29) is 10.7 Å². The zero-order valence-electron chi connectivity index (χ0n) is 13.8. The van der Waals surface area contributed by atoms with E-state index >= 15 is 0 Å². The fourth-order valence-corrected chi connectivity index (χ4v) is 3.51. The lowest BCUT2D eigenvalue weighted by Gasteiger charge is -2.11. The van der Waals surface area contributed by atoms with Gasteiger partial charge in [0.1, 0.15) is 11.6 Å². The fraction of sp³-hybridized carbons (Fsp3) is 0.353. The minimum atomic E-state index is -3.80. The molecule has 2 aromatic rings. The maximum atomic E-state index is 13.1. The molecule has 0 saturated heterocycles. The number of nitrogens with one attached hydrogen (secondary N) is 2. The van der Waals surface area contributed by atoms with Crippen LogP contribution in [0.25, 0.3) is 0 Å². The molecule has 0 atom stereocenters.